The molecule has 2 aromatic carbocycles. The lowest BCUT2D eigenvalue weighted by molar-refractivity contribution is -0.215. The molecule has 0 unspecified atom stereocenters. The summed E-state index contributed by atoms with van der Waals surface area (Å²) < 4.78 is 58.5. The topological polar surface area (TPSA) is 79.5 Å². The van der Waals surface area contributed by atoms with Gasteiger partial charge < -0.3 is 15.5 Å². The number of benzene rings is 2. The van der Waals surface area contributed by atoms with E-state index < -0.39 is 29.5 Å². The molecule has 27 heavy (non-hydrogen) atoms. The van der Waals surface area contributed by atoms with Crippen LogP contribution in [0.4, 0.5) is 23.2 Å². The first kappa shape index (κ1) is 20.2. The van der Waals surface area contributed by atoms with Crippen molar-refractivity contribution >= 4 is 17.6 Å². The number of alkyl halides is 3. The Morgan fingerprint density at radius 1 is 0.963 bits per heavy atom. The maximum atomic E-state index is 13.8. The second-order valence-electron chi connectivity index (χ2n) is 5.32. The van der Waals surface area contributed by atoms with Crippen LogP contribution >= 0.6 is 0 Å². The molecule has 0 aliphatic carbocycles. The maximum absolute atomic E-state index is 13.8. The number of carbonyl (C=O) groups is 2. The number of halogens is 4. The van der Waals surface area contributed by atoms with Gasteiger partial charge in [0.25, 0.3) is 5.91 Å². The number of ether oxygens (including phenoxy) is 1. The SMILES string of the molecule is COC(=O)[C@@](NNc1ccccc1)(NC(=O)c1ccc(F)cc1)C(F)(F)F. The number of amides is 1. The number of carbonyl (C=O) groups excluding carboxylic acids is 2. The normalized spacial score (nSPS) is 13.4. The number of methoxy groups -OCH3 is 1. The van der Waals surface area contributed by atoms with Crippen molar-refractivity contribution in [1.29, 1.82) is 0 Å². The lowest BCUT2D eigenvalue weighted by Crippen LogP contribution is -2.73. The molecule has 0 radical (unpaired) electrons. The van der Waals surface area contributed by atoms with Gasteiger partial charge in [-0.05, 0) is 36.4 Å². The lowest BCUT2D eigenvalue weighted by Gasteiger charge is -2.34. The summed E-state index contributed by atoms with van der Waals surface area (Å²) in [4.78, 5) is 24.2. The van der Waals surface area contributed by atoms with Gasteiger partial charge in [-0.3, -0.25) is 4.79 Å². The third-order valence-electron chi connectivity index (χ3n) is 3.49. The minimum Gasteiger partial charge on any atom is -0.466 e. The summed E-state index contributed by atoms with van der Waals surface area (Å²) in [6.07, 6.45) is -5.28. The Labute approximate surface area is 151 Å². The van der Waals surface area contributed by atoms with Crippen LogP contribution in [0.15, 0.2) is 54.6 Å². The van der Waals surface area contributed by atoms with Crippen molar-refractivity contribution in [2.45, 2.75) is 11.8 Å². The molecule has 1 atom stereocenters. The van der Waals surface area contributed by atoms with E-state index in [0.717, 1.165) is 31.4 Å². The largest absolute Gasteiger partial charge is 0.466 e. The van der Waals surface area contributed by atoms with E-state index in [1.54, 1.807) is 28.9 Å². The second-order valence-corrected chi connectivity index (χ2v) is 5.32. The molecule has 10 heteroatoms. The number of hydrogen-bond acceptors (Lipinski definition) is 5. The Morgan fingerprint density at radius 2 is 1.56 bits per heavy atom. The molecule has 0 aliphatic rings. The number of esters is 1. The van der Waals surface area contributed by atoms with Crippen LogP contribution in [0.3, 0.4) is 0 Å². The number of hydrazine groups is 1. The van der Waals surface area contributed by atoms with Crippen molar-refractivity contribution in [2.24, 2.45) is 0 Å². The van der Waals surface area contributed by atoms with Crippen LogP contribution in [0.2, 0.25) is 0 Å². The molecular weight excluding hydrogens is 370 g/mol. The number of hydrogen-bond donors (Lipinski definition) is 3. The van der Waals surface area contributed by atoms with Gasteiger partial charge >= 0.3 is 17.8 Å². The molecule has 0 spiro atoms. The van der Waals surface area contributed by atoms with Crippen LogP contribution in [-0.2, 0) is 9.53 Å². The van der Waals surface area contributed by atoms with Gasteiger partial charge in [-0.15, -0.1) is 0 Å². The maximum Gasteiger partial charge on any atom is 0.438 e. The quantitative estimate of drug-likeness (QED) is 0.308. The molecule has 1 amide bonds. The highest BCUT2D eigenvalue weighted by atomic mass is 19.4. The fourth-order valence-electron chi connectivity index (χ4n) is 2.08. The van der Waals surface area contributed by atoms with Gasteiger partial charge in [-0.1, -0.05) is 18.2 Å². The van der Waals surface area contributed by atoms with E-state index >= 15 is 0 Å². The van der Waals surface area contributed by atoms with E-state index in [0.29, 0.717) is 0 Å². The first-order valence-corrected chi connectivity index (χ1v) is 7.51. The molecule has 0 bridgehead atoms. The molecule has 0 saturated carbocycles. The third kappa shape index (κ3) is 4.53. The molecule has 0 heterocycles. The van der Waals surface area contributed by atoms with Crippen LogP contribution in [0.25, 0.3) is 0 Å². The summed E-state index contributed by atoms with van der Waals surface area (Å²) in [5.74, 6) is -3.74. The Bertz CT molecular complexity index is 797. The van der Waals surface area contributed by atoms with Crippen molar-refractivity contribution in [3.8, 4) is 0 Å². The zero-order valence-corrected chi connectivity index (χ0v) is 13.9. The molecule has 6 nitrogen and oxygen atoms in total. The van der Waals surface area contributed by atoms with E-state index in [1.807, 2.05) is 0 Å². The van der Waals surface area contributed by atoms with Crippen molar-refractivity contribution in [3.63, 3.8) is 0 Å². The van der Waals surface area contributed by atoms with Gasteiger partial charge in [-0.2, -0.15) is 18.6 Å². The van der Waals surface area contributed by atoms with Crippen LogP contribution in [0, 0.1) is 5.82 Å². The monoisotopic (exact) mass is 385 g/mol. The van der Waals surface area contributed by atoms with E-state index in [1.165, 1.54) is 12.1 Å². The Morgan fingerprint density at radius 3 is 2.07 bits per heavy atom. The zero-order chi connectivity index (χ0) is 20.1. The van der Waals surface area contributed by atoms with Gasteiger partial charge in [0.05, 0.1) is 7.11 Å². The van der Waals surface area contributed by atoms with Crippen molar-refractivity contribution in [1.82, 2.24) is 10.7 Å². The molecule has 3 N–H and O–H groups in total. The summed E-state index contributed by atoms with van der Waals surface area (Å²) in [6, 6.07) is 11.4. The van der Waals surface area contributed by atoms with Crippen molar-refractivity contribution < 1.29 is 31.9 Å². The molecule has 2 rings (SSSR count). The van der Waals surface area contributed by atoms with Crippen LogP contribution in [-0.4, -0.2) is 30.8 Å². The van der Waals surface area contributed by atoms with Crippen LogP contribution in [0.1, 0.15) is 10.4 Å². The molecule has 0 fully saturated rings. The van der Waals surface area contributed by atoms with E-state index in [4.69, 9.17) is 0 Å². The highest BCUT2D eigenvalue weighted by molar-refractivity contribution is 5.98. The zero-order valence-electron chi connectivity index (χ0n) is 13.9. The number of nitrogens with one attached hydrogen (secondary N) is 3. The summed E-state index contributed by atoms with van der Waals surface area (Å²) in [5.41, 5.74) is 0.348. The van der Waals surface area contributed by atoms with E-state index in [9.17, 15) is 27.2 Å². The average Bonchev–Trinajstić information content (AvgIpc) is 2.64. The minimum absolute atomic E-state index is 0.200. The van der Waals surface area contributed by atoms with E-state index in [-0.39, 0.29) is 11.3 Å². The molecule has 144 valence electrons. The van der Waals surface area contributed by atoms with E-state index in [2.05, 4.69) is 10.2 Å². The number of anilines is 1. The van der Waals surface area contributed by atoms with Crippen LogP contribution < -0.4 is 16.2 Å². The summed E-state index contributed by atoms with van der Waals surface area (Å²) in [5, 5.41) is 1.59. The van der Waals surface area contributed by atoms with Crippen LogP contribution in [0.5, 0.6) is 0 Å². The fourth-order valence-corrected chi connectivity index (χ4v) is 2.08. The number of rotatable bonds is 6. The summed E-state index contributed by atoms with van der Waals surface area (Å²) in [7, 11) is 0.747. The standard InChI is InChI=1S/C17H15F4N3O3/c1-27-15(26)16(17(19,20)21,24-23-13-5-3-2-4-6-13)22-14(25)11-7-9-12(18)10-8-11/h2-10,23-24H,1H3,(H,22,25)/t16-/m0/s1. The van der Waals surface area contributed by atoms with Gasteiger partial charge in [-0.25, -0.2) is 9.18 Å². The predicted molar refractivity (Wildman–Crippen MR) is 87.9 cm³/mol. The van der Waals surface area contributed by atoms with Crippen molar-refractivity contribution in [3.05, 3.63) is 66.0 Å². The third-order valence-corrected chi connectivity index (χ3v) is 3.49. The van der Waals surface area contributed by atoms with Gasteiger partial charge in [0.1, 0.15) is 5.82 Å². The predicted octanol–water partition coefficient (Wildman–Crippen LogP) is 2.60. The summed E-state index contributed by atoms with van der Waals surface area (Å²) >= 11 is 0. The molecule has 2 aromatic rings. The minimum atomic E-state index is -5.28. The fraction of sp³-hybridized carbons (Fsp3) is 0.176. The molecule has 0 aromatic heterocycles. The summed E-state index contributed by atoms with van der Waals surface area (Å²) in [6.45, 7) is 0. The number of para-hydroxylation sites is 1. The Hall–Kier alpha value is -3.14. The second kappa shape index (κ2) is 8.04. The smallest absolute Gasteiger partial charge is 0.438 e. The van der Waals surface area contributed by atoms with Gasteiger partial charge in [0, 0.05) is 11.3 Å². The highest BCUT2D eigenvalue weighted by Crippen LogP contribution is 2.30. The molecular formula is C17H15F4N3O3. The Balaban J connectivity index is 2.36. The first-order valence-electron chi connectivity index (χ1n) is 7.51. The molecule has 0 saturated heterocycles. The van der Waals surface area contributed by atoms with Crippen molar-refractivity contribution in [2.75, 3.05) is 12.5 Å². The first-order chi connectivity index (χ1) is 12.7. The average molecular weight is 385 g/mol. The molecule has 0 aliphatic heterocycles. The Kier molecular flexibility index (Phi) is 6.01. The van der Waals surface area contributed by atoms with Gasteiger partial charge in [0.2, 0.25) is 0 Å². The highest BCUT2D eigenvalue weighted by Gasteiger charge is 2.63. The van der Waals surface area contributed by atoms with Gasteiger partial charge in [0.15, 0.2) is 0 Å². The lowest BCUT2D eigenvalue weighted by atomic mass is 10.1.